The highest BCUT2D eigenvalue weighted by atomic mass is 16.3. The fraction of sp³-hybridized carbons (Fsp3) is 0.833. The first-order valence-corrected chi connectivity index (χ1v) is 5.06. The monoisotopic (exact) mass is 184 g/mol. The third-order valence-corrected chi connectivity index (χ3v) is 2.60. The molecule has 2 atom stereocenters. The third kappa shape index (κ3) is 5.87. The second-order valence-corrected chi connectivity index (χ2v) is 5.31. The van der Waals surface area contributed by atoms with Gasteiger partial charge >= 0.3 is 0 Å². The Balaban J connectivity index is 4.07. The van der Waals surface area contributed by atoms with Gasteiger partial charge in [0.25, 0.3) is 0 Å². The van der Waals surface area contributed by atoms with Crippen molar-refractivity contribution in [3.8, 4) is 0 Å². The van der Waals surface area contributed by atoms with Crippen molar-refractivity contribution in [1.82, 2.24) is 0 Å². The molecular formula is C12H24O. The van der Waals surface area contributed by atoms with Gasteiger partial charge in [-0.3, -0.25) is 0 Å². The highest BCUT2D eigenvalue weighted by Gasteiger charge is 2.21. The zero-order chi connectivity index (χ0) is 10.6. The Kier molecular flexibility index (Phi) is 4.69. The molecule has 13 heavy (non-hydrogen) atoms. The number of hydrogen-bond donors (Lipinski definition) is 1. The molecule has 1 N–H and O–H groups in total. The molecule has 1 heteroatoms. The van der Waals surface area contributed by atoms with Crippen LogP contribution in [-0.4, -0.2) is 11.2 Å². The Hall–Kier alpha value is -0.300. The van der Waals surface area contributed by atoms with E-state index in [4.69, 9.17) is 0 Å². The van der Waals surface area contributed by atoms with E-state index in [0.29, 0.717) is 5.92 Å². The molecule has 0 fully saturated rings. The van der Waals surface area contributed by atoms with Crippen LogP contribution < -0.4 is 0 Å². The van der Waals surface area contributed by atoms with E-state index in [2.05, 4.69) is 27.7 Å². The van der Waals surface area contributed by atoms with Crippen molar-refractivity contribution >= 4 is 0 Å². The summed E-state index contributed by atoms with van der Waals surface area (Å²) in [5, 5.41) is 9.68. The summed E-state index contributed by atoms with van der Waals surface area (Å²) >= 11 is 0. The molecule has 0 saturated heterocycles. The van der Waals surface area contributed by atoms with Crippen LogP contribution in [-0.2, 0) is 0 Å². The Morgan fingerprint density at radius 1 is 1.31 bits per heavy atom. The maximum absolute atomic E-state index is 9.68. The van der Waals surface area contributed by atoms with Crippen molar-refractivity contribution in [2.75, 3.05) is 0 Å². The summed E-state index contributed by atoms with van der Waals surface area (Å²) in [5.41, 5.74) is 1.48. The van der Waals surface area contributed by atoms with E-state index in [1.807, 2.05) is 19.9 Å². The zero-order valence-corrected chi connectivity index (χ0v) is 9.89. The van der Waals surface area contributed by atoms with Crippen LogP contribution in [0.3, 0.4) is 0 Å². The fourth-order valence-corrected chi connectivity index (χ4v) is 1.17. The molecule has 0 aliphatic rings. The smallest absolute Gasteiger partial charge is 0.0726 e. The summed E-state index contributed by atoms with van der Waals surface area (Å²) < 4.78 is 0. The van der Waals surface area contributed by atoms with Crippen molar-refractivity contribution in [2.24, 2.45) is 11.3 Å². The lowest BCUT2D eigenvalue weighted by Gasteiger charge is -2.28. The molecule has 0 aromatic heterocycles. The van der Waals surface area contributed by atoms with Gasteiger partial charge in [-0.15, -0.1) is 0 Å². The molecule has 0 aromatic carbocycles. The largest absolute Gasteiger partial charge is 0.389 e. The maximum Gasteiger partial charge on any atom is 0.0726 e. The molecule has 1 nitrogen and oxygen atoms in total. The first-order chi connectivity index (χ1) is 5.73. The van der Waals surface area contributed by atoms with Crippen LogP contribution >= 0.6 is 0 Å². The summed E-state index contributed by atoms with van der Waals surface area (Å²) in [4.78, 5) is 0. The quantitative estimate of drug-likeness (QED) is 0.667. The van der Waals surface area contributed by atoms with Crippen LogP contribution in [0.4, 0.5) is 0 Å². The standard InChI is InChI=1S/C12H24O/c1-9(2)7-11(13)8-10(3)12(4,5)6/h7,10-11,13H,8H2,1-6H3. The predicted octanol–water partition coefficient (Wildman–Crippen LogP) is 3.39. The average Bonchev–Trinajstić information content (AvgIpc) is 1.82. The Labute approximate surface area is 82.9 Å². The molecule has 0 saturated carbocycles. The summed E-state index contributed by atoms with van der Waals surface area (Å²) in [6.45, 7) is 12.9. The Morgan fingerprint density at radius 2 is 1.77 bits per heavy atom. The van der Waals surface area contributed by atoms with Gasteiger partial charge in [0.05, 0.1) is 6.10 Å². The van der Waals surface area contributed by atoms with E-state index in [-0.39, 0.29) is 11.5 Å². The number of aliphatic hydroxyl groups excluding tert-OH is 1. The van der Waals surface area contributed by atoms with Gasteiger partial charge in [0.1, 0.15) is 0 Å². The molecule has 0 aliphatic heterocycles. The summed E-state index contributed by atoms with van der Waals surface area (Å²) in [5.74, 6) is 0.540. The van der Waals surface area contributed by atoms with Gasteiger partial charge in [0.15, 0.2) is 0 Å². The summed E-state index contributed by atoms with van der Waals surface area (Å²) in [6.07, 6.45) is 2.51. The van der Waals surface area contributed by atoms with Gasteiger partial charge in [0, 0.05) is 0 Å². The molecule has 0 heterocycles. The van der Waals surface area contributed by atoms with Crippen LogP contribution in [0.15, 0.2) is 11.6 Å². The predicted molar refractivity (Wildman–Crippen MR) is 58.7 cm³/mol. The normalized spacial score (nSPS) is 16.5. The van der Waals surface area contributed by atoms with E-state index in [0.717, 1.165) is 6.42 Å². The number of aliphatic hydroxyl groups is 1. The van der Waals surface area contributed by atoms with Gasteiger partial charge in [0.2, 0.25) is 0 Å². The highest BCUT2D eigenvalue weighted by Crippen LogP contribution is 2.29. The van der Waals surface area contributed by atoms with Crippen molar-refractivity contribution in [1.29, 1.82) is 0 Å². The summed E-state index contributed by atoms with van der Waals surface area (Å²) in [6, 6.07) is 0. The molecule has 0 radical (unpaired) electrons. The van der Waals surface area contributed by atoms with E-state index < -0.39 is 0 Å². The van der Waals surface area contributed by atoms with Crippen LogP contribution in [0.1, 0.15) is 48.0 Å². The van der Waals surface area contributed by atoms with Crippen LogP contribution in [0.2, 0.25) is 0 Å². The van der Waals surface area contributed by atoms with Crippen molar-refractivity contribution in [2.45, 2.75) is 54.1 Å². The van der Waals surface area contributed by atoms with E-state index >= 15 is 0 Å². The molecule has 0 spiro atoms. The molecule has 0 amide bonds. The number of allylic oxidation sites excluding steroid dienone is 1. The van der Waals surface area contributed by atoms with Gasteiger partial charge in [-0.1, -0.05) is 39.3 Å². The lowest BCUT2D eigenvalue weighted by molar-refractivity contribution is 0.142. The molecule has 2 unspecified atom stereocenters. The molecule has 78 valence electrons. The maximum atomic E-state index is 9.68. The molecule has 0 aromatic rings. The lowest BCUT2D eigenvalue weighted by Crippen LogP contribution is -2.21. The second kappa shape index (κ2) is 4.80. The third-order valence-electron chi connectivity index (χ3n) is 2.60. The van der Waals surface area contributed by atoms with E-state index in [9.17, 15) is 5.11 Å². The van der Waals surface area contributed by atoms with Gasteiger partial charge in [-0.25, -0.2) is 0 Å². The van der Waals surface area contributed by atoms with Crippen LogP contribution in [0.5, 0.6) is 0 Å². The number of rotatable bonds is 3. The minimum Gasteiger partial charge on any atom is -0.389 e. The topological polar surface area (TPSA) is 20.2 Å². The first kappa shape index (κ1) is 12.7. The van der Waals surface area contributed by atoms with Gasteiger partial charge < -0.3 is 5.11 Å². The minimum absolute atomic E-state index is 0.278. The zero-order valence-electron chi connectivity index (χ0n) is 9.89. The SMILES string of the molecule is CC(C)=CC(O)CC(C)C(C)(C)C. The molecular weight excluding hydrogens is 160 g/mol. The lowest BCUT2D eigenvalue weighted by atomic mass is 9.79. The van der Waals surface area contributed by atoms with E-state index in [1.165, 1.54) is 5.57 Å². The number of hydrogen-bond acceptors (Lipinski definition) is 1. The highest BCUT2D eigenvalue weighted by molar-refractivity contribution is 4.98. The van der Waals surface area contributed by atoms with Crippen molar-refractivity contribution in [3.05, 3.63) is 11.6 Å². The second-order valence-electron chi connectivity index (χ2n) is 5.31. The molecule has 0 rings (SSSR count). The Morgan fingerprint density at radius 3 is 2.08 bits per heavy atom. The van der Waals surface area contributed by atoms with E-state index in [1.54, 1.807) is 0 Å². The fourth-order valence-electron chi connectivity index (χ4n) is 1.17. The van der Waals surface area contributed by atoms with Gasteiger partial charge in [-0.2, -0.15) is 0 Å². The van der Waals surface area contributed by atoms with Crippen molar-refractivity contribution in [3.63, 3.8) is 0 Å². The average molecular weight is 184 g/mol. The molecule has 0 aliphatic carbocycles. The van der Waals surface area contributed by atoms with Crippen LogP contribution in [0, 0.1) is 11.3 Å². The van der Waals surface area contributed by atoms with Gasteiger partial charge in [-0.05, 0) is 31.6 Å². The Bertz CT molecular complexity index is 170. The molecule has 0 bridgehead atoms. The summed E-state index contributed by atoms with van der Waals surface area (Å²) in [7, 11) is 0. The minimum atomic E-state index is -0.278. The van der Waals surface area contributed by atoms with Crippen LogP contribution in [0.25, 0.3) is 0 Å². The van der Waals surface area contributed by atoms with Crippen molar-refractivity contribution < 1.29 is 5.11 Å². The first-order valence-electron chi connectivity index (χ1n) is 5.06.